The molecule has 2 fully saturated rings. The quantitative estimate of drug-likeness (QED) is 0.370. The molecule has 1 N–H and O–H groups in total. The summed E-state index contributed by atoms with van der Waals surface area (Å²) < 4.78 is 40.9. The van der Waals surface area contributed by atoms with E-state index in [-0.39, 0.29) is 6.54 Å². The smallest absolute Gasteiger partial charge is 0.412 e. The van der Waals surface area contributed by atoms with E-state index in [1.54, 1.807) is 18.7 Å². The Kier molecular flexibility index (Phi) is 10.9. The summed E-state index contributed by atoms with van der Waals surface area (Å²) in [5, 5.41) is 11.5. The molecule has 0 radical (unpaired) electrons. The minimum Gasteiger partial charge on any atom is -0.444 e. The maximum Gasteiger partial charge on any atom is 0.412 e. The standard InChI is InChI=1S/C30H50N2O6S/c1-7-8-19-31(21-24-17-13-10-14-18-24)39(35,36)22-26(33)27-25(20-23-15-11-9-12-16-23)32(30(5,6)37-27)28(34)38-29(2,3)4/h10,13-14,17-18,23,25-27,33H,7-9,11-12,15-16,19-22H2,1-6H3/t25-,26?,27-/m1/s1. The number of aliphatic hydroxyl groups excluding tert-OH is 1. The summed E-state index contributed by atoms with van der Waals surface area (Å²) >= 11 is 0. The average Bonchev–Trinajstić information content (AvgIpc) is 3.11. The summed E-state index contributed by atoms with van der Waals surface area (Å²) in [5.74, 6) is -0.0789. The number of hydrogen-bond donors (Lipinski definition) is 1. The normalized spacial score (nSPS) is 23.2. The summed E-state index contributed by atoms with van der Waals surface area (Å²) in [6.07, 6.45) is 5.20. The number of ether oxygens (including phenoxy) is 2. The second kappa shape index (κ2) is 13.3. The summed E-state index contributed by atoms with van der Waals surface area (Å²) in [4.78, 5) is 15.0. The van der Waals surface area contributed by atoms with Crippen LogP contribution in [0.3, 0.4) is 0 Å². The number of benzene rings is 1. The van der Waals surface area contributed by atoms with Crippen LogP contribution < -0.4 is 0 Å². The molecule has 1 unspecified atom stereocenters. The largest absolute Gasteiger partial charge is 0.444 e. The highest BCUT2D eigenvalue weighted by molar-refractivity contribution is 7.89. The molecule has 0 spiro atoms. The van der Waals surface area contributed by atoms with Crippen LogP contribution >= 0.6 is 0 Å². The summed E-state index contributed by atoms with van der Waals surface area (Å²) in [6, 6.07) is 9.02. The second-order valence-corrected chi connectivity index (χ2v) is 14.7. The fraction of sp³-hybridized carbons (Fsp3) is 0.767. The van der Waals surface area contributed by atoms with E-state index in [0.29, 0.717) is 18.9 Å². The van der Waals surface area contributed by atoms with Crippen molar-refractivity contribution in [3.63, 3.8) is 0 Å². The van der Waals surface area contributed by atoms with Crippen LogP contribution in [0.2, 0.25) is 0 Å². The predicted octanol–water partition coefficient (Wildman–Crippen LogP) is 5.69. The zero-order valence-corrected chi connectivity index (χ0v) is 25.6. The van der Waals surface area contributed by atoms with Crippen molar-refractivity contribution in [3.05, 3.63) is 35.9 Å². The van der Waals surface area contributed by atoms with Gasteiger partial charge in [0.25, 0.3) is 0 Å². The van der Waals surface area contributed by atoms with E-state index in [1.807, 2.05) is 58.0 Å². The first kappa shape index (κ1) is 31.8. The number of amides is 1. The Morgan fingerprint density at radius 1 is 1.18 bits per heavy atom. The van der Waals surface area contributed by atoms with Gasteiger partial charge < -0.3 is 14.6 Å². The third-order valence-electron chi connectivity index (χ3n) is 7.72. The minimum absolute atomic E-state index is 0.252. The fourth-order valence-corrected chi connectivity index (χ4v) is 7.46. The number of unbranched alkanes of at least 4 members (excludes halogenated alkanes) is 1. The molecule has 1 saturated carbocycles. The average molecular weight is 567 g/mol. The molecule has 2 aliphatic rings. The van der Waals surface area contributed by atoms with Gasteiger partial charge in [0, 0.05) is 13.1 Å². The third-order valence-corrected chi connectivity index (χ3v) is 9.58. The third kappa shape index (κ3) is 8.90. The Morgan fingerprint density at radius 3 is 2.41 bits per heavy atom. The molecule has 0 aromatic heterocycles. The number of hydrogen-bond acceptors (Lipinski definition) is 6. The first-order valence-electron chi connectivity index (χ1n) is 14.6. The molecule has 1 saturated heterocycles. The van der Waals surface area contributed by atoms with Gasteiger partial charge in [-0.25, -0.2) is 13.2 Å². The molecular formula is C30H50N2O6S. The number of carbonyl (C=O) groups is 1. The van der Waals surface area contributed by atoms with E-state index in [1.165, 1.54) is 10.7 Å². The van der Waals surface area contributed by atoms with Gasteiger partial charge in [-0.15, -0.1) is 0 Å². The molecule has 222 valence electrons. The molecule has 9 heteroatoms. The minimum atomic E-state index is -3.82. The highest BCUT2D eigenvalue weighted by Crippen LogP contribution is 2.40. The molecule has 3 rings (SSSR count). The van der Waals surface area contributed by atoms with Gasteiger partial charge in [-0.3, -0.25) is 4.90 Å². The second-order valence-electron chi connectivity index (χ2n) is 12.7. The van der Waals surface area contributed by atoms with Crippen molar-refractivity contribution in [1.29, 1.82) is 0 Å². The molecule has 1 aromatic carbocycles. The highest BCUT2D eigenvalue weighted by Gasteiger charge is 2.54. The van der Waals surface area contributed by atoms with Crippen molar-refractivity contribution in [3.8, 4) is 0 Å². The van der Waals surface area contributed by atoms with E-state index < -0.39 is 51.4 Å². The Balaban J connectivity index is 1.86. The van der Waals surface area contributed by atoms with Crippen molar-refractivity contribution >= 4 is 16.1 Å². The Hall–Kier alpha value is -1.68. The van der Waals surface area contributed by atoms with Gasteiger partial charge in [0.05, 0.1) is 17.9 Å². The summed E-state index contributed by atoms with van der Waals surface area (Å²) in [5.41, 5.74) is -0.848. The lowest BCUT2D eigenvalue weighted by Gasteiger charge is -2.37. The number of nitrogens with zero attached hydrogens (tertiary/aromatic N) is 2. The first-order chi connectivity index (χ1) is 18.2. The number of carbonyl (C=O) groups excluding carboxylic acids is 1. The van der Waals surface area contributed by atoms with Crippen LogP contribution in [-0.4, -0.2) is 70.7 Å². The van der Waals surface area contributed by atoms with E-state index in [4.69, 9.17) is 9.47 Å². The van der Waals surface area contributed by atoms with Crippen LogP contribution in [-0.2, 0) is 26.0 Å². The van der Waals surface area contributed by atoms with Crippen LogP contribution in [0.15, 0.2) is 30.3 Å². The van der Waals surface area contributed by atoms with Crippen LogP contribution in [0.5, 0.6) is 0 Å². The number of sulfonamides is 1. The van der Waals surface area contributed by atoms with Gasteiger partial charge in [-0.1, -0.05) is 75.8 Å². The Bertz CT molecular complexity index is 1020. The monoisotopic (exact) mass is 566 g/mol. The van der Waals surface area contributed by atoms with E-state index in [2.05, 4.69) is 0 Å². The van der Waals surface area contributed by atoms with Crippen molar-refractivity contribution in [1.82, 2.24) is 9.21 Å². The van der Waals surface area contributed by atoms with Gasteiger partial charge in [-0.2, -0.15) is 4.31 Å². The van der Waals surface area contributed by atoms with Crippen LogP contribution in [0.1, 0.15) is 98.5 Å². The molecule has 0 bridgehead atoms. The van der Waals surface area contributed by atoms with Gasteiger partial charge in [0.2, 0.25) is 10.0 Å². The molecular weight excluding hydrogens is 516 g/mol. The SMILES string of the molecule is CCCCN(Cc1ccccc1)S(=O)(=O)CC(O)[C@@H]1OC(C)(C)N(C(=O)OC(C)(C)C)[C@@H]1CC1CCCCC1. The first-order valence-corrected chi connectivity index (χ1v) is 16.2. The van der Waals surface area contributed by atoms with E-state index in [0.717, 1.165) is 44.1 Å². The van der Waals surface area contributed by atoms with Crippen molar-refractivity contribution in [2.24, 2.45) is 5.92 Å². The lowest BCUT2D eigenvalue weighted by atomic mass is 9.83. The highest BCUT2D eigenvalue weighted by atomic mass is 32.2. The van der Waals surface area contributed by atoms with Crippen LogP contribution in [0, 0.1) is 5.92 Å². The fourth-order valence-electron chi connectivity index (χ4n) is 5.87. The topological polar surface area (TPSA) is 96.4 Å². The van der Waals surface area contributed by atoms with Crippen LogP contribution in [0.25, 0.3) is 0 Å². The maximum atomic E-state index is 13.7. The molecule has 8 nitrogen and oxygen atoms in total. The lowest BCUT2D eigenvalue weighted by Crippen LogP contribution is -2.52. The Morgan fingerprint density at radius 2 is 1.82 bits per heavy atom. The van der Waals surface area contributed by atoms with E-state index in [9.17, 15) is 18.3 Å². The molecule has 1 aliphatic heterocycles. The Labute approximate surface area is 236 Å². The van der Waals surface area contributed by atoms with Crippen molar-refractivity contribution in [2.45, 2.75) is 129 Å². The predicted molar refractivity (Wildman–Crippen MR) is 154 cm³/mol. The van der Waals surface area contributed by atoms with Crippen molar-refractivity contribution in [2.75, 3.05) is 12.3 Å². The molecule has 3 atom stereocenters. The van der Waals surface area contributed by atoms with Gasteiger partial charge in [0.1, 0.15) is 17.4 Å². The lowest BCUT2D eigenvalue weighted by molar-refractivity contribution is -0.0995. The van der Waals surface area contributed by atoms with Gasteiger partial charge in [0.15, 0.2) is 0 Å². The summed E-state index contributed by atoms with van der Waals surface area (Å²) in [7, 11) is -3.82. The maximum absolute atomic E-state index is 13.7. The molecule has 1 amide bonds. The zero-order chi connectivity index (χ0) is 28.8. The molecule has 1 aliphatic carbocycles. The van der Waals surface area contributed by atoms with Gasteiger partial charge >= 0.3 is 6.09 Å². The van der Waals surface area contributed by atoms with Crippen LogP contribution in [0.4, 0.5) is 4.79 Å². The van der Waals surface area contributed by atoms with E-state index >= 15 is 0 Å². The van der Waals surface area contributed by atoms with Gasteiger partial charge in [-0.05, 0) is 58.9 Å². The number of aliphatic hydroxyl groups is 1. The zero-order valence-electron chi connectivity index (χ0n) is 24.8. The molecule has 39 heavy (non-hydrogen) atoms. The number of rotatable bonds is 11. The molecule has 1 heterocycles. The molecule has 1 aromatic rings. The summed E-state index contributed by atoms with van der Waals surface area (Å²) in [6.45, 7) is 11.7. The van der Waals surface area contributed by atoms with Crippen molar-refractivity contribution < 1.29 is 27.8 Å².